The summed E-state index contributed by atoms with van der Waals surface area (Å²) in [6.45, 7) is 3.63. The molecule has 11 nitrogen and oxygen atoms in total. The van der Waals surface area contributed by atoms with Gasteiger partial charge in [-0.05, 0) is 31.6 Å². The molecule has 0 unspecified atom stereocenters. The van der Waals surface area contributed by atoms with Gasteiger partial charge in [-0.2, -0.15) is 4.31 Å². The Morgan fingerprint density at radius 3 is 2.62 bits per heavy atom. The van der Waals surface area contributed by atoms with Crippen LogP contribution in [0.25, 0.3) is 6.08 Å². The Morgan fingerprint density at radius 1 is 1.30 bits per heavy atom. The molecule has 37 heavy (non-hydrogen) atoms. The Labute approximate surface area is 220 Å². The lowest BCUT2D eigenvalue weighted by atomic mass is 10.1. The number of benzene rings is 1. The summed E-state index contributed by atoms with van der Waals surface area (Å²) in [4.78, 5) is 26.2. The van der Waals surface area contributed by atoms with Gasteiger partial charge < -0.3 is 14.4 Å². The zero-order chi connectivity index (χ0) is 27.4. The van der Waals surface area contributed by atoms with Crippen LogP contribution in [0.3, 0.4) is 0 Å². The fourth-order valence-corrected chi connectivity index (χ4v) is 8.25. The molecule has 0 bridgehead atoms. The Bertz CT molecular complexity index is 1400. The Kier molecular flexibility index (Phi) is 9.26. The molecular formula is C23H29N3O8S3. The molecule has 0 aliphatic carbocycles. The number of sulfonamides is 2. The van der Waals surface area contributed by atoms with Crippen molar-refractivity contribution in [2.45, 2.75) is 34.7 Å². The van der Waals surface area contributed by atoms with Gasteiger partial charge >= 0.3 is 5.97 Å². The number of likely N-dealkylation sites (N-methyl/N-ethyl adjacent to an activating group) is 1. The SMILES string of the molecule is CCN(C(=O)/C=C/c1ccccc1OC(C)=O)[C@H]1CN(CCCOC)S(=O)(=O)c2sc(S(N)(=O)=O)cc21. The van der Waals surface area contributed by atoms with Crippen molar-refractivity contribution in [3.8, 4) is 5.75 Å². The van der Waals surface area contributed by atoms with Crippen molar-refractivity contribution in [1.29, 1.82) is 0 Å². The molecule has 1 atom stereocenters. The first-order valence-electron chi connectivity index (χ1n) is 11.3. The molecule has 2 N–H and O–H groups in total. The average Bonchev–Trinajstić information content (AvgIpc) is 3.29. The summed E-state index contributed by atoms with van der Waals surface area (Å²) in [6, 6.07) is 7.18. The maximum Gasteiger partial charge on any atom is 0.308 e. The number of carbonyl (C=O) groups is 2. The Hall–Kier alpha value is -2.62. The quantitative estimate of drug-likeness (QED) is 0.197. The van der Waals surface area contributed by atoms with Crippen LogP contribution in [0.5, 0.6) is 5.75 Å². The highest BCUT2D eigenvalue weighted by atomic mass is 32.3. The van der Waals surface area contributed by atoms with Gasteiger partial charge in [0.05, 0.1) is 6.04 Å². The first-order valence-corrected chi connectivity index (χ1v) is 15.1. The number of carbonyl (C=O) groups excluding carboxylic acids is 2. The van der Waals surface area contributed by atoms with Crippen molar-refractivity contribution < 1.29 is 35.9 Å². The third-order valence-corrected chi connectivity index (χ3v) is 10.6. The maximum absolute atomic E-state index is 13.3. The summed E-state index contributed by atoms with van der Waals surface area (Å²) < 4.78 is 61.7. The minimum absolute atomic E-state index is 0.0582. The number of fused-ring (bicyclic) bond motifs is 1. The van der Waals surface area contributed by atoms with Crippen LogP contribution in [0.4, 0.5) is 0 Å². The van der Waals surface area contributed by atoms with E-state index in [9.17, 15) is 26.4 Å². The predicted octanol–water partition coefficient (Wildman–Crippen LogP) is 1.96. The highest BCUT2D eigenvalue weighted by Crippen LogP contribution is 2.42. The summed E-state index contributed by atoms with van der Waals surface area (Å²) >= 11 is 0.575. The van der Waals surface area contributed by atoms with Crippen molar-refractivity contribution in [1.82, 2.24) is 9.21 Å². The van der Waals surface area contributed by atoms with Gasteiger partial charge in [0.2, 0.25) is 15.9 Å². The third-order valence-electron chi connectivity index (χ3n) is 5.63. The molecule has 3 rings (SSSR count). The van der Waals surface area contributed by atoms with Gasteiger partial charge in [-0.25, -0.2) is 22.0 Å². The second-order valence-electron chi connectivity index (χ2n) is 8.17. The van der Waals surface area contributed by atoms with E-state index in [-0.39, 0.29) is 39.4 Å². The number of amides is 1. The number of nitrogens with two attached hydrogens (primary N) is 1. The maximum atomic E-state index is 13.3. The van der Waals surface area contributed by atoms with Crippen LogP contribution in [0.15, 0.2) is 44.8 Å². The molecule has 0 spiro atoms. The van der Waals surface area contributed by atoms with Gasteiger partial charge in [0.25, 0.3) is 10.0 Å². The molecule has 2 aromatic rings. The molecule has 0 saturated heterocycles. The number of hydrogen-bond acceptors (Lipinski definition) is 9. The van der Waals surface area contributed by atoms with Crippen LogP contribution >= 0.6 is 11.3 Å². The van der Waals surface area contributed by atoms with Gasteiger partial charge in [-0.15, -0.1) is 11.3 Å². The van der Waals surface area contributed by atoms with Crippen molar-refractivity contribution >= 4 is 49.3 Å². The number of thiophene rings is 1. The second kappa shape index (κ2) is 11.8. The summed E-state index contributed by atoms with van der Waals surface area (Å²) in [5.41, 5.74) is 0.711. The highest BCUT2D eigenvalue weighted by Gasteiger charge is 2.42. The number of methoxy groups -OCH3 is 1. The fraction of sp³-hybridized carbons (Fsp3) is 0.391. The van der Waals surface area contributed by atoms with Gasteiger partial charge in [-0.3, -0.25) is 9.59 Å². The smallest absolute Gasteiger partial charge is 0.308 e. The lowest BCUT2D eigenvalue weighted by Gasteiger charge is -2.38. The van der Waals surface area contributed by atoms with E-state index in [0.717, 1.165) is 0 Å². The van der Waals surface area contributed by atoms with E-state index in [1.165, 1.54) is 41.5 Å². The summed E-state index contributed by atoms with van der Waals surface area (Å²) in [7, 11) is -6.66. The molecular weight excluding hydrogens is 542 g/mol. The second-order valence-corrected chi connectivity index (χ2v) is 13.1. The minimum atomic E-state index is -4.17. The third kappa shape index (κ3) is 6.64. The Morgan fingerprint density at radius 2 is 2.00 bits per heavy atom. The first-order chi connectivity index (χ1) is 17.4. The van der Waals surface area contributed by atoms with E-state index < -0.39 is 38.0 Å². The van der Waals surface area contributed by atoms with Crippen LogP contribution in [-0.2, 0) is 34.4 Å². The standard InChI is InChI=1S/C23H29N3O8S3/c1-4-26(21(28)11-10-17-8-5-6-9-20(17)34-16(2)27)19-15-25(12-7-13-33-3)37(31,32)23-18(19)14-22(35-23)36(24,29)30/h5-6,8-11,14,19H,4,7,12-13,15H2,1-3H3,(H2,24,29,30)/b11-10+/t19-/m0/s1. The van der Waals surface area contributed by atoms with Crippen molar-refractivity contribution in [3.05, 3.63) is 47.5 Å². The summed E-state index contributed by atoms with van der Waals surface area (Å²) in [5.74, 6) is -0.654. The van der Waals surface area contributed by atoms with Crippen LogP contribution < -0.4 is 9.88 Å². The number of ether oxygens (including phenoxy) is 2. The van der Waals surface area contributed by atoms with E-state index >= 15 is 0 Å². The Balaban J connectivity index is 2.00. The number of para-hydroxylation sites is 1. The number of rotatable bonds is 10. The van der Waals surface area contributed by atoms with Crippen LogP contribution in [-0.4, -0.2) is 71.3 Å². The number of nitrogens with zero attached hydrogens (tertiary/aromatic N) is 2. The van der Waals surface area contributed by atoms with Gasteiger partial charge in [0.1, 0.15) is 14.2 Å². The molecule has 1 aliphatic heterocycles. The van der Waals surface area contributed by atoms with Crippen molar-refractivity contribution in [2.75, 3.05) is 33.4 Å². The van der Waals surface area contributed by atoms with E-state index in [1.54, 1.807) is 31.2 Å². The fourth-order valence-electron chi connectivity index (χ4n) is 3.96. The van der Waals surface area contributed by atoms with Crippen LogP contribution in [0.1, 0.15) is 37.4 Å². The molecule has 202 valence electrons. The van der Waals surface area contributed by atoms with E-state index in [2.05, 4.69) is 0 Å². The van der Waals surface area contributed by atoms with Crippen LogP contribution in [0.2, 0.25) is 0 Å². The van der Waals surface area contributed by atoms with Gasteiger partial charge in [0, 0.05) is 57.5 Å². The zero-order valence-corrected chi connectivity index (χ0v) is 23.1. The van der Waals surface area contributed by atoms with E-state index in [1.807, 2.05) is 0 Å². The summed E-state index contributed by atoms with van der Waals surface area (Å²) in [5, 5.41) is 5.29. The normalized spacial score (nSPS) is 17.5. The monoisotopic (exact) mass is 571 g/mol. The zero-order valence-electron chi connectivity index (χ0n) is 20.6. The van der Waals surface area contributed by atoms with E-state index in [4.69, 9.17) is 14.6 Å². The highest BCUT2D eigenvalue weighted by molar-refractivity contribution is 7.94. The predicted molar refractivity (Wildman–Crippen MR) is 138 cm³/mol. The molecule has 0 radical (unpaired) electrons. The van der Waals surface area contributed by atoms with E-state index in [0.29, 0.717) is 29.9 Å². The number of hydrogen-bond donors (Lipinski definition) is 1. The molecule has 1 aliphatic rings. The lowest BCUT2D eigenvalue weighted by molar-refractivity contribution is -0.132. The van der Waals surface area contributed by atoms with Gasteiger partial charge in [-0.1, -0.05) is 18.2 Å². The van der Waals surface area contributed by atoms with Crippen molar-refractivity contribution in [3.63, 3.8) is 0 Å². The number of esters is 1. The topological polar surface area (TPSA) is 153 Å². The molecule has 2 heterocycles. The van der Waals surface area contributed by atoms with Gasteiger partial charge in [0.15, 0.2) is 0 Å². The number of primary sulfonamides is 1. The largest absolute Gasteiger partial charge is 0.426 e. The molecule has 1 amide bonds. The van der Waals surface area contributed by atoms with Crippen LogP contribution in [0, 0.1) is 0 Å². The molecule has 14 heteroatoms. The summed E-state index contributed by atoms with van der Waals surface area (Å²) in [6.07, 6.45) is 3.22. The minimum Gasteiger partial charge on any atom is -0.426 e. The average molecular weight is 572 g/mol. The molecule has 1 aromatic carbocycles. The molecule has 0 saturated carbocycles. The lowest BCUT2D eigenvalue weighted by Crippen LogP contribution is -2.46. The molecule has 0 fully saturated rings. The first kappa shape index (κ1) is 28.9. The van der Waals surface area contributed by atoms with Crippen molar-refractivity contribution in [2.24, 2.45) is 5.14 Å². The molecule has 1 aromatic heterocycles.